The van der Waals surface area contributed by atoms with E-state index < -0.39 is 15.9 Å². The smallest absolute Gasteiger partial charge is 0.154 e. The zero-order valence-electron chi connectivity index (χ0n) is 10.6. The van der Waals surface area contributed by atoms with Gasteiger partial charge in [0.1, 0.15) is 0 Å². The lowest BCUT2D eigenvalue weighted by molar-refractivity contribution is 0.0757. The third-order valence-corrected chi connectivity index (χ3v) is 4.47. The second kappa shape index (κ2) is 6.68. The number of aliphatic hydroxyl groups is 1. The largest absolute Gasteiger partial charge is 0.390 e. The van der Waals surface area contributed by atoms with Gasteiger partial charge in [-0.25, -0.2) is 8.42 Å². The molecule has 1 saturated heterocycles. The summed E-state index contributed by atoms with van der Waals surface area (Å²) in [4.78, 5) is 0. The van der Waals surface area contributed by atoms with Crippen LogP contribution in [0.15, 0.2) is 0 Å². The van der Waals surface area contributed by atoms with Crippen LogP contribution in [0.5, 0.6) is 0 Å². The molecule has 1 fully saturated rings. The van der Waals surface area contributed by atoms with Crippen LogP contribution in [0.3, 0.4) is 0 Å². The summed E-state index contributed by atoms with van der Waals surface area (Å²) in [6.07, 6.45) is 1.37. The Bertz CT molecular complexity index is 315. The van der Waals surface area contributed by atoms with E-state index in [-0.39, 0.29) is 23.7 Å². The molecule has 6 heteroatoms. The summed E-state index contributed by atoms with van der Waals surface area (Å²) in [5.74, 6) is -0.0578. The van der Waals surface area contributed by atoms with E-state index in [0.29, 0.717) is 0 Å². The number of hydrogen-bond donors (Lipinski definition) is 2. The minimum atomic E-state index is -3.04. The molecular weight excluding hydrogens is 242 g/mol. The minimum absolute atomic E-state index is 0.0522. The fourth-order valence-electron chi connectivity index (χ4n) is 1.86. The molecule has 17 heavy (non-hydrogen) atoms. The van der Waals surface area contributed by atoms with E-state index >= 15 is 0 Å². The molecule has 0 aromatic carbocycles. The topological polar surface area (TPSA) is 75.6 Å². The molecule has 0 saturated carbocycles. The molecule has 1 aliphatic heterocycles. The average molecular weight is 265 g/mol. The van der Waals surface area contributed by atoms with Crippen molar-refractivity contribution in [3.8, 4) is 0 Å². The first-order valence-corrected chi connectivity index (χ1v) is 7.96. The van der Waals surface area contributed by atoms with Crippen molar-refractivity contribution in [2.75, 3.05) is 24.7 Å². The highest BCUT2D eigenvalue weighted by Gasteiger charge is 2.35. The van der Waals surface area contributed by atoms with Crippen molar-refractivity contribution in [2.24, 2.45) is 0 Å². The summed E-state index contributed by atoms with van der Waals surface area (Å²) in [7, 11) is -3.04. The summed E-state index contributed by atoms with van der Waals surface area (Å²) in [6.45, 7) is 5.44. The van der Waals surface area contributed by atoms with Gasteiger partial charge in [-0.1, -0.05) is 0 Å². The molecule has 0 aliphatic carbocycles. The number of aliphatic hydroxyl groups excluding tert-OH is 1. The quantitative estimate of drug-likeness (QED) is 0.631. The SMILES string of the molecule is CC(C)OCCCCNC1CS(=O)(=O)CC1O. The van der Waals surface area contributed by atoms with E-state index in [1.54, 1.807) is 0 Å². The maximum Gasteiger partial charge on any atom is 0.154 e. The third kappa shape index (κ3) is 5.81. The van der Waals surface area contributed by atoms with Crippen molar-refractivity contribution < 1.29 is 18.3 Å². The van der Waals surface area contributed by atoms with E-state index in [0.717, 1.165) is 26.0 Å². The van der Waals surface area contributed by atoms with Gasteiger partial charge in [0.15, 0.2) is 9.84 Å². The third-order valence-electron chi connectivity index (χ3n) is 2.75. The number of sulfone groups is 1. The van der Waals surface area contributed by atoms with Crippen molar-refractivity contribution in [1.82, 2.24) is 5.32 Å². The van der Waals surface area contributed by atoms with Gasteiger partial charge in [-0.15, -0.1) is 0 Å². The molecule has 1 heterocycles. The van der Waals surface area contributed by atoms with Gasteiger partial charge in [-0.05, 0) is 33.2 Å². The van der Waals surface area contributed by atoms with Crippen LogP contribution in [0.2, 0.25) is 0 Å². The van der Waals surface area contributed by atoms with Crippen molar-refractivity contribution in [2.45, 2.75) is 44.9 Å². The lowest BCUT2D eigenvalue weighted by atomic mass is 10.2. The number of hydrogen-bond acceptors (Lipinski definition) is 5. The Labute approximate surface area is 103 Å². The first-order valence-electron chi connectivity index (χ1n) is 6.14. The molecule has 2 N–H and O–H groups in total. The van der Waals surface area contributed by atoms with Crippen LogP contribution in [-0.4, -0.2) is 56.4 Å². The van der Waals surface area contributed by atoms with Gasteiger partial charge in [-0.3, -0.25) is 0 Å². The normalized spacial score (nSPS) is 27.8. The van der Waals surface area contributed by atoms with Gasteiger partial charge in [0.2, 0.25) is 0 Å². The molecule has 0 aromatic heterocycles. The molecule has 0 spiro atoms. The van der Waals surface area contributed by atoms with Crippen LogP contribution in [0.4, 0.5) is 0 Å². The maximum atomic E-state index is 11.2. The van der Waals surface area contributed by atoms with Gasteiger partial charge in [0, 0.05) is 12.6 Å². The Balaban J connectivity index is 2.07. The van der Waals surface area contributed by atoms with Crippen molar-refractivity contribution >= 4 is 9.84 Å². The average Bonchev–Trinajstić information content (AvgIpc) is 2.45. The Hall–Kier alpha value is -0.170. The van der Waals surface area contributed by atoms with Crippen molar-refractivity contribution in [1.29, 1.82) is 0 Å². The second-order valence-electron chi connectivity index (χ2n) is 4.83. The Kier molecular flexibility index (Phi) is 5.85. The van der Waals surface area contributed by atoms with Crippen molar-refractivity contribution in [3.05, 3.63) is 0 Å². The van der Waals surface area contributed by atoms with E-state index in [4.69, 9.17) is 4.74 Å². The Morgan fingerprint density at radius 3 is 2.59 bits per heavy atom. The van der Waals surface area contributed by atoms with Crippen LogP contribution in [0, 0.1) is 0 Å². The molecule has 0 amide bonds. The number of rotatable bonds is 7. The molecule has 1 rings (SSSR count). The number of unbranched alkanes of at least 4 members (excludes halogenated alkanes) is 1. The van der Waals surface area contributed by atoms with Gasteiger partial charge >= 0.3 is 0 Å². The van der Waals surface area contributed by atoms with Gasteiger partial charge in [-0.2, -0.15) is 0 Å². The van der Waals surface area contributed by atoms with Crippen LogP contribution in [0.25, 0.3) is 0 Å². The summed E-state index contributed by atoms with van der Waals surface area (Å²) < 4.78 is 27.9. The predicted octanol–water partition coefficient (Wildman–Crippen LogP) is -0.0609. The van der Waals surface area contributed by atoms with Gasteiger partial charge < -0.3 is 15.2 Å². The molecule has 2 unspecified atom stereocenters. The van der Waals surface area contributed by atoms with Crippen LogP contribution in [-0.2, 0) is 14.6 Å². The molecule has 0 bridgehead atoms. The van der Waals surface area contributed by atoms with E-state index in [2.05, 4.69) is 5.32 Å². The van der Waals surface area contributed by atoms with E-state index in [1.165, 1.54) is 0 Å². The molecule has 0 radical (unpaired) electrons. The summed E-state index contributed by atoms with van der Waals surface area (Å²) in [5, 5.41) is 12.6. The van der Waals surface area contributed by atoms with E-state index in [1.807, 2.05) is 13.8 Å². The fourth-order valence-corrected chi connectivity index (χ4v) is 3.63. The maximum absolute atomic E-state index is 11.2. The highest BCUT2D eigenvalue weighted by molar-refractivity contribution is 7.91. The molecule has 0 aromatic rings. The van der Waals surface area contributed by atoms with Crippen LogP contribution in [0.1, 0.15) is 26.7 Å². The Morgan fingerprint density at radius 1 is 1.35 bits per heavy atom. The Morgan fingerprint density at radius 2 is 2.06 bits per heavy atom. The first kappa shape index (κ1) is 14.9. The number of ether oxygens (including phenoxy) is 1. The highest BCUT2D eigenvalue weighted by atomic mass is 32.2. The highest BCUT2D eigenvalue weighted by Crippen LogP contribution is 2.12. The molecule has 1 aliphatic rings. The first-order chi connectivity index (χ1) is 7.91. The number of nitrogens with one attached hydrogen (secondary N) is 1. The zero-order valence-corrected chi connectivity index (χ0v) is 11.4. The summed E-state index contributed by atoms with van der Waals surface area (Å²) in [6, 6.07) is -0.300. The van der Waals surface area contributed by atoms with Gasteiger partial charge in [0.05, 0.1) is 23.7 Å². The lowest BCUT2D eigenvalue weighted by Gasteiger charge is -2.14. The minimum Gasteiger partial charge on any atom is -0.390 e. The molecular formula is C11H23NO4S. The monoisotopic (exact) mass is 265 g/mol. The van der Waals surface area contributed by atoms with E-state index in [9.17, 15) is 13.5 Å². The fraction of sp³-hybridized carbons (Fsp3) is 1.00. The van der Waals surface area contributed by atoms with Crippen molar-refractivity contribution in [3.63, 3.8) is 0 Å². The summed E-state index contributed by atoms with van der Waals surface area (Å²) in [5.41, 5.74) is 0. The standard InChI is InChI=1S/C11H23NO4S/c1-9(2)16-6-4-3-5-12-10-7-17(14,15)8-11(10)13/h9-13H,3-8H2,1-2H3. The molecule has 102 valence electrons. The predicted molar refractivity (Wildman–Crippen MR) is 66.8 cm³/mol. The lowest BCUT2D eigenvalue weighted by Crippen LogP contribution is -2.39. The van der Waals surface area contributed by atoms with Crippen LogP contribution >= 0.6 is 0 Å². The molecule has 5 nitrogen and oxygen atoms in total. The second-order valence-corrected chi connectivity index (χ2v) is 6.99. The zero-order chi connectivity index (χ0) is 12.9. The van der Waals surface area contributed by atoms with Gasteiger partial charge in [0.25, 0.3) is 0 Å². The summed E-state index contributed by atoms with van der Waals surface area (Å²) >= 11 is 0. The molecule has 2 atom stereocenters. The van der Waals surface area contributed by atoms with Crippen LogP contribution < -0.4 is 5.32 Å².